The fourth-order valence-electron chi connectivity index (χ4n) is 4.88. The van der Waals surface area contributed by atoms with Crippen LogP contribution in [0.5, 0.6) is 0 Å². The van der Waals surface area contributed by atoms with Crippen LogP contribution in [0.3, 0.4) is 0 Å². The van der Waals surface area contributed by atoms with E-state index in [1.54, 1.807) is 48.5 Å². The second-order valence-corrected chi connectivity index (χ2v) is 13.5. The molecule has 0 fully saturated rings. The normalized spacial score (nSPS) is 11.9. The number of hydrogen-bond acceptors (Lipinski definition) is 4. The number of halogens is 2. The lowest BCUT2D eigenvalue weighted by molar-refractivity contribution is -0.140. The fourth-order valence-corrected chi connectivity index (χ4v) is 6.63. The molecular weight excluding hydrogens is 629 g/mol. The molecule has 0 bridgehead atoms. The van der Waals surface area contributed by atoms with Gasteiger partial charge in [0.05, 0.1) is 20.6 Å². The number of nitrogens with zero attached hydrogens (tertiary/aromatic N) is 2. The van der Waals surface area contributed by atoms with Crippen LogP contribution in [0.2, 0.25) is 10.0 Å². The maximum Gasteiger partial charge on any atom is 0.264 e. The van der Waals surface area contributed by atoms with Crippen molar-refractivity contribution in [3.8, 4) is 0 Å². The molecule has 0 aliphatic rings. The van der Waals surface area contributed by atoms with E-state index in [1.807, 2.05) is 57.2 Å². The number of hydrogen-bond donors (Lipinski definition) is 1. The van der Waals surface area contributed by atoms with E-state index < -0.39 is 28.5 Å². The largest absolute Gasteiger partial charge is 0.354 e. The van der Waals surface area contributed by atoms with E-state index in [-0.39, 0.29) is 23.8 Å². The number of nitrogens with one attached hydrogen (secondary N) is 1. The number of rotatable bonds is 13. The molecule has 7 nitrogen and oxygen atoms in total. The summed E-state index contributed by atoms with van der Waals surface area (Å²) in [6.07, 6.45) is 0.929. The molecule has 0 saturated heterocycles. The third-order valence-corrected chi connectivity index (χ3v) is 10.1. The van der Waals surface area contributed by atoms with Crippen molar-refractivity contribution in [1.29, 1.82) is 0 Å². The Balaban J connectivity index is 1.82. The van der Waals surface area contributed by atoms with Crippen LogP contribution in [-0.2, 0) is 32.6 Å². The number of benzene rings is 4. The van der Waals surface area contributed by atoms with E-state index in [1.165, 1.54) is 17.0 Å². The first-order chi connectivity index (χ1) is 21.5. The van der Waals surface area contributed by atoms with Gasteiger partial charge >= 0.3 is 0 Å². The highest BCUT2D eigenvalue weighted by Gasteiger charge is 2.34. The van der Waals surface area contributed by atoms with Gasteiger partial charge in [0.2, 0.25) is 11.8 Å². The molecule has 0 heterocycles. The Bertz CT molecular complexity index is 1730. The van der Waals surface area contributed by atoms with Gasteiger partial charge in [0.1, 0.15) is 12.6 Å². The van der Waals surface area contributed by atoms with E-state index in [0.717, 1.165) is 21.0 Å². The van der Waals surface area contributed by atoms with Crippen LogP contribution in [0.15, 0.2) is 102 Å². The van der Waals surface area contributed by atoms with Crippen molar-refractivity contribution in [1.82, 2.24) is 10.2 Å². The molecule has 0 aliphatic heterocycles. The van der Waals surface area contributed by atoms with Crippen molar-refractivity contribution in [2.45, 2.75) is 51.1 Å². The highest BCUT2D eigenvalue weighted by molar-refractivity contribution is 7.92. The second kappa shape index (κ2) is 15.4. The van der Waals surface area contributed by atoms with E-state index in [0.29, 0.717) is 34.3 Å². The number of aryl methyl sites for hydroxylation is 2. The standard InChI is InChI=1S/C35H37Cl2N3O4S/c1-4-19-38-35(42)33(22-27-11-7-5-8-12-27)39(23-28-16-18-31(36)32(37)21-28)34(41)24-40(29-17-15-25(2)26(3)20-29)45(43,44)30-13-9-6-10-14-30/h5-18,20-21,33H,4,19,22-24H2,1-3H3,(H,38,42)/t33-/m1/s1. The van der Waals surface area contributed by atoms with Gasteiger partial charge in [-0.2, -0.15) is 0 Å². The zero-order valence-corrected chi connectivity index (χ0v) is 27.9. The van der Waals surface area contributed by atoms with Gasteiger partial charge in [0.25, 0.3) is 10.0 Å². The predicted octanol–water partition coefficient (Wildman–Crippen LogP) is 6.97. The summed E-state index contributed by atoms with van der Waals surface area (Å²) in [7, 11) is -4.17. The molecule has 2 amide bonds. The summed E-state index contributed by atoms with van der Waals surface area (Å²) in [5, 5.41) is 3.60. The zero-order valence-electron chi connectivity index (χ0n) is 25.5. The Morgan fingerprint density at radius 3 is 2.09 bits per heavy atom. The summed E-state index contributed by atoms with van der Waals surface area (Å²) in [5.74, 6) is -0.885. The minimum absolute atomic E-state index is 0.00107. The second-order valence-electron chi connectivity index (χ2n) is 10.9. The molecule has 1 N–H and O–H groups in total. The highest BCUT2D eigenvalue weighted by atomic mass is 35.5. The first-order valence-electron chi connectivity index (χ1n) is 14.7. The van der Waals surface area contributed by atoms with Crippen LogP contribution in [0, 0.1) is 13.8 Å². The third-order valence-electron chi connectivity index (χ3n) is 7.55. The van der Waals surface area contributed by atoms with Gasteiger partial charge in [-0.15, -0.1) is 0 Å². The van der Waals surface area contributed by atoms with Gasteiger partial charge in [-0.3, -0.25) is 13.9 Å². The van der Waals surface area contributed by atoms with Crippen LogP contribution in [0.1, 0.15) is 35.6 Å². The molecule has 1 atom stereocenters. The topological polar surface area (TPSA) is 86.8 Å². The molecule has 45 heavy (non-hydrogen) atoms. The minimum Gasteiger partial charge on any atom is -0.354 e. The molecule has 4 aromatic rings. The van der Waals surface area contributed by atoms with Gasteiger partial charge in [0, 0.05) is 19.5 Å². The molecule has 4 rings (SSSR count). The minimum atomic E-state index is -4.17. The van der Waals surface area contributed by atoms with Crippen LogP contribution >= 0.6 is 23.2 Å². The third kappa shape index (κ3) is 8.66. The molecule has 4 aromatic carbocycles. The van der Waals surface area contributed by atoms with Crippen molar-refractivity contribution in [2.24, 2.45) is 0 Å². The molecule has 0 radical (unpaired) electrons. The van der Waals surface area contributed by atoms with Crippen LogP contribution in [-0.4, -0.2) is 44.3 Å². The van der Waals surface area contributed by atoms with Gasteiger partial charge in [-0.25, -0.2) is 8.42 Å². The molecule has 0 unspecified atom stereocenters. The zero-order chi connectivity index (χ0) is 32.6. The van der Waals surface area contributed by atoms with Crippen molar-refractivity contribution in [3.05, 3.63) is 129 Å². The fraction of sp³-hybridized carbons (Fsp3) is 0.257. The average Bonchev–Trinajstić information content (AvgIpc) is 3.04. The lowest BCUT2D eigenvalue weighted by atomic mass is 10.0. The van der Waals surface area contributed by atoms with Crippen molar-refractivity contribution >= 4 is 50.7 Å². The number of carbonyl (C=O) groups is 2. The van der Waals surface area contributed by atoms with Gasteiger partial charge in [-0.05, 0) is 78.9 Å². The van der Waals surface area contributed by atoms with Gasteiger partial charge < -0.3 is 10.2 Å². The lowest BCUT2D eigenvalue weighted by Gasteiger charge is -2.34. The number of amides is 2. The van der Waals surface area contributed by atoms with E-state index in [4.69, 9.17) is 23.2 Å². The van der Waals surface area contributed by atoms with Crippen LogP contribution in [0.25, 0.3) is 0 Å². The molecule has 0 aromatic heterocycles. The van der Waals surface area contributed by atoms with Crippen molar-refractivity contribution in [2.75, 3.05) is 17.4 Å². The number of sulfonamides is 1. The van der Waals surface area contributed by atoms with Crippen LogP contribution < -0.4 is 9.62 Å². The molecule has 10 heteroatoms. The maximum atomic E-state index is 14.5. The number of carbonyl (C=O) groups excluding carboxylic acids is 2. The Morgan fingerprint density at radius 2 is 1.47 bits per heavy atom. The number of anilines is 1. The van der Waals surface area contributed by atoms with Crippen molar-refractivity contribution < 1.29 is 18.0 Å². The molecule has 0 spiro atoms. The first kappa shape index (κ1) is 34.0. The SMILES string of the molecule is CCCNC(=O)[C@@H](Cc1ccccc1)N(Cc1ccc(Cl)c(Cl)c1)C(=O)CN(c1ccc(C)c(C)c1)S(=O)(=O)c1ccccc1. The summed E-state index contributed by atoms with van der Waals surface area (Å²) in [6, 6.07) is 26.7. The van der Waals surface area contributed by atoms with E-state index in [9.17, 15) is 18.0 Å². The molecule has 0 saturated carbocycles. The van der Waals surface area contributed by atoms with E-state index in [2.05, 4.69) is 5.32 Å². The maximum absolute atomic E-state index is 14.5. The summed E-state index contributed by atoms with van der Waals surface area (Å²) in [5.41, 5.74) is 3.70. The summed E-state index contributed by atoms with van der Waals surface area (Å²) in [4.78, 5) is 29.7. The summed E-state index contributed by atoms with van der Waals surface area (Å²) in [6.45, 7) is 5.66. The first-order valence-corrected chi connectivity index (χ1v) is 16.9. The van der Waals surface area contributed by atoms with Crippen LogP contribution in [0.4, 0.5) is 5.69 Å². The summed E-state index contributed by atoms with van der Waals surface area (Å²) < 4.78 is 29.3. The Hall–Kier alpha value is -3.85. The molecule has 236 valence electrons. The quantitative estimate of drug-likeness (QED) is 0.167. The smallest absolute Gasteiger partial charge is 0.264 e. The Morgan fingerprint density at radius 1 is 0.800 bits per heavy atom. The Labute approximate surface area is 275 Å². The highest BCUT2D eigenvalue weighted by Crippen LogP contribution is 2.28. The summed E-state index contributed by atoms with van der Waals surface area (Å²) >= 11 is 12.5. The Kier molecular flexibility index (Phi) is 11.7. The average molecular weight is 667 g/mol. The van der Waals surface area contributed by atoms with Gasteiger partial charge in [-0.1, -0.05) is 90.8 Å². The predicted molar refractivity (Wildman–Crippen MR) is 181 cm³/mol. The lowest BCUT2D eigenvalue weighted by Crippen LogP contribution is -2.53. The monoisotopic (exact) mass is 665 g/mol. The molecular formula is C35H37Cl2N3O4S. The van der Waals surface area contributed by atoms with Crippen molar-refractivity contribution in [3.63, 3.8) is 0 Å². The molecule has 0 aliphatic carbocycles. The van der Waals surface area contributed by atoms with E-state index >= 15 is 0 Å². The van der Waals surface area contributed by atoms with Gasteiger partial charge in [0.15, 0.2) is 0 Å².